The number of aromatic nitrogens is 2. The molecule has 3 aromatic rings. The van der Waals surface area contributed by atoms with Gasteiger partial charge >= 0.3 is 5.69 Å². The SMILES string of the molecule is Cc1ccc(S(=O)(=O)N2CC=C(n3c(=O)[nH]c4ccccc43)CC2)cc1Cl. The second kappa shape index (κ2) is 6.67. The van der Waals surface area contributed by atoms with E-state index in [1.165, 1.54) is 10.4 Å². The molecule has 0 fully saturated rings. The summed E-state index contributed by atoms with van der Waals surface area (Å²) in [6.07, 6.45) is 2.24. The van der Waals surface area contributed by atoms with Gasteiger partial charge in [-0.1, -0.05) is 29.8 Å². The zero-order valence-corrected chi connectivity index (χ0v) is 16.2. The quantitative estimate of drug-likeness (QED) is 0.729. The Morgan fingerprint density at radius 1 is 1.15 bits per heavy atom. The van der Waals surface area contributed by atoms with Gasteiger partial charge in [-0.25, -0.2) is 13.2 Å². The molecule has 0 amide bonds. The third-order valence-corrected chi connectivity index (χ3v) is 7.07. The number of halogens is 1. The van der Waals surface area contributed by atoms with Gasteiger partial charge in [-0.3, -0.25) is 4.57 Å². The highest BCUT2D eigenvalue weighted by Gasteiger charge is 2.27. The lowest BCUT2D eigenvalue weighted by molar-refractivity contribution is 0.438. The third-order valence-electron chi connectivity index (χ3n) is 4.81. The number of nitrogens with zero attached hydrogens (tertiary/aromatic N) is 2. The van der Waals surface area contributed by atoms with Gasteiger partial charge in [0, 0.05) is 30.2 Å². The van der Waals surface area contributed by atoms with Gasteiger partial charge in [-0.05, 0) is 42.8 Å². The molecule has 1 aromatic heterocycles. The van der Waals surface area contributed by atoms with E-state index in [1.54, 1.807) is 22.8 Å². The number of benzene rings is 2. The molecule has 0 bridgehead atoms. The molecule has 0 atom stereocenters. The number of aryl methyl sites for hydroxylation is 1. The molecule has 0 saturated heterocycles. The van der Waals surface area contributed by atoms with E-state index in [9.17, 15) is 13.2 Å². The Kier molecular flexibility index (Phi) is 4.46. The fourth-order valence-electron chi connectivity index (χ4n) is 3.28. The number of hydrogen-bond donors (Lipinski definition) is 1. The smallest absolute Gasteiger partial charge is 0.305 e. The van der Waals surface area contributed by atoms with Crippen LogP contribution in [0.4, 0.5) is 0 Å². The Labute approximate surface area is 161 Å². The maximum Gasteiger partial charge on any atom is 0.330 e. The third kappa shape index (κ3) is 3.12. The fraction of sp³-hybridized carbons (Fsp3) is 0.211. The van der Waals surface area contributed by atoms with Gasteiger partial charge in [0.2, 0.25) is 10.0 Å². The first kappa shape index (κ1) is 18.0. The lowest BCUT2D eigenvalue weighted by Gasteiger charge is -2.26. The maximum absolute atomic E-state index is 12.9. The zero-order chi connectivity index (χ0) is 19.2. The van der Waals surface area contributed by atoms with E-state index >= 15 is 0 Å². The summed E-state index contributed by atoms with van der Waals surface area (Å²) in [5.41, 5.74) is 2.95. The predicted molar refractivity (Wildman–Crippen MR) is 106 cm³/mol. The fourth-order valence-corrected chi connectivity index (χ4v) is 4.94. The van der Waals surface area contributed by atoms with Crippen LogP contribution in [0.1, 0.15) is 12.0 Å². The number of aromatic amines is 1. The standard InChI is InChI=1S/C19H18ClN3O3S/c1-13-6-7-15(12-16(13)20)27(25,26)22-10-8-14(9-11-22)23-18-5-3-2-4-17(18)21-19(23)24/h2-8,12H,9-11H2,1H3,(H,21,24). The average molecular weight is 404 g/mol. The summed E-state index contributed by atoms with van der Waals surface area (Å²) in [4.78, 5) is 15.3. The summed E-state index contributed by atoms with van der Waals surface area (Å²) in [5.74, 6) is 0. The molecule has 1 aliphatic rings. The van der Waals surface area contributed by atoms with Crippen molar-refractivity contribution in [1.82, 2.24) is 13.9 Å². The van der Waals surface area contributed by atoms with Gasteiger partial charge in [-0.2, -0.15) is 4.31 Å². The molecule has 0 saturated carbocycles. The van der Waals surface area contributed by atoms with Crippen molar-refractivity contribution in [3.05, 3.63) is 69.6 Å². The molecule has 6 nitrogen and oxygen atoms in total. The first-order valence-corrected chi connectivity index (χ1v) is 10.4. The van der Waals surface area contributed by atoms with Gasteiger partial charge in [0.05, 0.1) is 15.9 Å². The first-order chi connectivity index (χ1) is 12.9. The summed E-state index contributed by atoms with van der Waals surface area (Å²) >= 11 is 6.09. The second-order valence-electron chi connectivity index (χ2n) is 6.50. The molecule has 1 aliphatic heterocycles. The predicted octanol–water partition coefficient (Wildman–Crippen LogP) is 3.23. The van der Waals surface area contributed by atoms with E-state index < -0.39 is 10.0 Å². The molecule has 0 aliphatic carbocycles. The summed E-state index contributed by atoms with van der Waals surface area (Å²) in [5, 5.41) is 0.426. The molecule has 0 spiro atoms. The van der Waals surface area contributed by atoms with Crippen LogP contribution in [-0.2, 0) is 10.0 Å². The van der Waals surface area contributed by atoms with Gasteiger partial charge < -0.3 is 4.98 Å². The number of para-hydroxylation sites is 2. The number of hydrogen-bond acceptors (Lipinski definition) is 3. The molecule has 4 rings (SSSR count). The summed E-state index contributed by atoms with van der Waals surface area (Å²) < 4.78 is 28.8. The highest BCUT2D eigenvalue weighted by molar-refractivity contribution is 7.89. The Morgan fingerprint density at radius 3 is 2.63 bits per heavy atom. The van der Waals surface area contributed by atoms with Crippen LogP contribution in [0.15, 0.2) is 58.2 Å². The van der Waals surface area contributed by atoms with Crippen LogP contribution < -0.4 is 5.69 Å². The molecule has 0 radical (unpaired) electrons. The average Bonchev–Trinajstić information content (AvgIpc) is 2.99. The van der Waals surface area contributed by atoms with Crippen molar-refractivity contribution in [2.75, 3.05) is 13.1 Å². The van der Waals surface area contributed by atoms with Crippen LogP contribution in [-0.4, -0.2) is 35.4 Å². The topological polar surface area (TPSA) is 75.2 Å². The van der Waals surface area contributed by atoms with Crippen LogP contribution >= 0.6 is 11.6 Å². The zero-order valence-electron chi connectivity index (χ0n) is 14.6. The second-order valence-corrected chi connectivity index (χ2v) is 8.85. The molecule has 1 N–H and O–H groups in total. The Morgan fingerprint density at radius 2 is 1.93 bits per heavy atom. The van der Waals surface area contributed by atoms with Gasteiger partial charge in [0.1, 0.15) is 0 Å². The molecular formula is C19H18ClN3O3S. The maximum atomic E-state index is 12.9. The number of H-pyrrole nitrogens is 1. The molecular weight excluding hydrogens is 386 g/mol. The molecule has 0 unspecified atom stereocenters. The van der Waals surface area contributed by atoms with E-state index in [4.69, 9.17) is 11.6 Å². The van der Waals surface area contributed by atoms with Crippen molar-refractivity contribution in [2.45, 2.75) is 18.2 Å². The van der Waals surface area contributed by atoms with Gasteiger partial charge in [0.25, 0.3) is 0 Å². The molecule has 27 heavy (non-hydrogen) atoms. The van der Waals surface area contributed by atoms with Crippen LogP contribution in [0.5, 0.6) is 0 Å². The van der Waals surface area contributed by atoms with Crippen molar-refractivity contribution in [3.8, 4) is 0 Å². The molecule has 2 aromatic carbocycles. The number of imidazole rings is 1. The van der Waals surface area contributed by atoms with Crippen molar-refractivity contribution in [2.24, 2.45) is 0 Å². The minimum absolute atomic E-state index is 0.180. The molecule has 140 valence electrons. The number of nitrogens with one attached hydrogen (secondary N) is 1. The van der Waals surface area contributed by atoms with Crippen molar-refractivity contribution in [1.29, 1.82) is 0 Å². The van der Waals surface area contributed by atoms with Crippen molar-refractivity contribution < 1.29 is 8.42 Å². The van der Waals surface area contributed by atoms with E-state index in [-0.39, 0.29) is 17.1 Å². The Hall–Kier alpha value is -2.35. The number of sulfonamides is 1. The van der Waals surface area contributed by atoms with Crippen molar-refractivity contribution in [3.63, 3.8) is 0 Å². The Balaban J connectivity index is 1.66. The Bertz CT molecular complexity index is 1220. The lowest BCUT2D eigenvalue weighted by atomic mass is 10.2. The van der Waals surface area contributed by atoms with E-state index in [0.29, 0.717) is 18.0 Å². The van der Waals surface area contributed by atoms with E-state index in [2.05, 4.69) is 4.98 Å². The highest BCUT2D eigenvalue weighted by atomic mass is 35.5. The van der Waals surface area contributed by atoms with Crippen molar-refractivity contribution >= 4 is 38.4 Å². The van der Waals surface area contributed by atoms with E-state index in [0.717, 1.165) is 22.3 Å². The monoisotopic (exact) mass is 403 g/mol. The van der Waals surface area contributed by atoms with Gasteiger partial charge in [0.15, 0.2) is 0 Å². The van der Waals surface area contributed by atoms with Gasteiger partial charge in [-0.15, -0.1) is 0 Å². The minimum atomic E-state index is -3.64. The van der Waals surface area contributed by atoms with Crippen LogP contribution in [0.3, 0.4) is 0 Å². The highest BCUT2D eigenvalue weighted by Crippen LogP contribution is 2.26. The lowest BCUT2D eigenvalue weighted by Crippen LogP contribution is -2.36. The van der Waals surface area contributed by atoms with Crippen LogP contribution in [0.25, 0.3) is 16.7 Å². The van der Waals surface area contributed by atoms with E-state index in [1.807, 2.05) is 31.2 Å². The van der Waals surface area contributed by atoms with Crippen LogP contribution in [0.2, 0.25) is 5.02 Å². The number of fused-ring (bicyclic) bond motifs is 1. The molecule has 2 heterocycles. The summed E-state index contributed by atoms with van der Waals surface area (Å²) in [6, 6.07) is 12.2. The summed E-state index contributed by atoms with van der Waals surface area (Å²) in [6.45, 7) is 2.33. The first-order valence-electron chi connectivity index (χ1n) is 8.53. The summed E-state index contributed by atoms with van der Waals surface area (Å²) in [7, 11) is -3.64. The minimum Gasteiger partial charge on any atom is -0.305 e. The number of rotatable bonds is 3. The largest absolute Gasteiger partial charge is 0.330 e. The normalized spacial score (nSPS) is 15.9. The van der Waals surface area contributed by atoms with Crippen LogP contribution in [0, 0.1) is 6.92 Å². The molecule has 8 heteroatoms.